The predicted octanol–water partition coefficient (Wildman–Crippen LogP) is -10.6. The summed E-state index contributed by atoms with van der Waals surface area (Å²) in [5, 5.41) is 63.2. The van der Waals surface area contributed by atoms with E-state index < -0.39 is 35.7 Å². The van der Waals surface area contributed by atoms with Gasteiger partial charge in [-0.05, 0) is 0 Å². The van der Waals surface area contributed by atoms with Crippen molar-refractivity contribution in [1.82, 2.24) is 0 Å². The topological polar surface area (TPSA) is 259 Å². The number of nitro groups is 6. The fourth-order valence-corrected chi connectivity index (χ4v) is 2.75. The van der Waals surface area contributed by atoms with Crippen LogP contribution in [0.15, 0.2) is 0 Å². The van der Waals surface area contributed by atoms with E-state index in [1.165, 1.54) is 0 Å². The molecule has 0 aromatic carbocycles. The van der Waals surface area contributed by atoms with Crippen LogP contribution >= 0.6 is 0 Å². The predicted molar refractivity (Wildman–Crippen MR) is 42.0 cm³/mol. The summed E-state index contributed by atoms with van der Waals surface area (Å²) in [6, 6.07) is 0. The van der Waals surface area contributed by atoms with Gasteiger partial charge < -0.3 is 0 Å². The van der Waals surface area contributed by atoms with Gasteiger partial charge in [-0.15, -0.1) is 0 Å². The van der Waals surface area contributed by atoms with Gasteiger partial charge in [-0.1, -0.05) is 0 Å². The van der Waals surface area contributed by atoms with Crippen molar-refractivity contribution in [3.63, 3.8) is 0 Å². The Balaban J connectivity index is -0.000000540. The van der Waals surface area contributed by atoms with Crippen LogP contribution in [0.1, 0.15) is 0 Å². The van der Waals surface area contributed by atoms with E-state index in [9.17, 15) is 60.7 Å². The van der Waals surface area contributed by atoms with E-state index >= 15 is 0 Å². The van der Waals surface area contributed by atoms with Crippen LogP contribution in [-0.2, 0) is 11.8 Å². The molecule has 0 radical (unpaired) electrons. The molecule has 0 amide bonds. The van der Waals surface area contributed by atoms with Crippen LogP contribution in [0.5, 0.6) is 0 Å². The molecule has 0 unspecified atom stereocenters. The molecule has 0 spiro atoms. The molecule has 0 saturated carbocycles. The zero-order valence-electron chi connectivity index (χ0n) is 10.9. The third-order valence-electron chi connectivity index (χ3n) is 1.63. The second kappa shape index (κ2) is 7.65. The van der Waals surface area contributed by atoms with E-state index in [0.29, 0.717) is 0 Å². The first-order chi connectivity index (χ1) is 8.34. The van der Waals surface area contributed by atoms with Gasteiger partial charge in [-0.25, -0.2) is 0 Å². The van der Waals surface area contributed by atoms with Gasteiger partial charge in [0, 0.05) is 0 Å². The molecule has 0 N–H and O–H groups in total. The van der Waals surface area contributed by atoms with Gasteiger partial charge in [0.2, 0.25) is 0 Å². The van der Waals surface area contributed by atoms with Crippen LogP contribution in [0.4, 0.5) is 0 Å². The van der Waals surface area contributed by atoms with Gasteiger partial charge in [0.15, 0.2) is 0 Å². The molecule has 114 valence electrons. The van der Waals surface area contributed by atoms with Crippen molar-refractivity contribution in [2.45, 2.75) is 0 Å². The summed E-state index contributed by atoms with van der Waals surface area (Å²) in [4.78, 5) is 63.2. The van der Waals surface area contributed by atoms with E-state index in [2.05, 4.69) is 0 Å². The molecule has 0 aromatic rings. The second-order valence-corrected chi connectivity index (χ2v) is 7.58. The summed E-state index contributed by atoms with van der Waals surface area (Å²) in [5.41, 5.74) is 0. The molecule has 0 bridgehead atoms. The van der Waals surface area contributed by atoms with Crippen molar-refractivity contribution in [2.75, 3.05) is 0 Å². The van der Waals surface area contributed by atoms with Crippen molar-refractivity contribution in [3.05, 3.63) is 60.7 Å². The van der Waals surface area contributed by atoms with Crippen LogP contribution in [0.2, 0.25) is 0 Å². The van der Waals surface area contributed by atoms with Crippen molar-refractivity contribution < 1.29 is 124 Å². The second-order valence-electron chi connectivity index (χ2n) is 2.18. The molecule has 0 fully saturated rings. The molecule has 18 nitrogen and oxygen atoms in total. The molecule has 22 heteroatoms. The van der Waals surface area contributed by atoms with Gasteiger partial charge in [0.05, 0.1) is 0 Å². The quantitative estimate of drug-likeness (QED) is 0.227. The Morgan fingerprint density at radius 3 is 0.500 bits per heavy atom. The third-order valence-corrected chi connectivity index (χ3v) is 6.73. The summed E-state index contributed by atoms with van der Waals surface area (Å²) in [6.07, 6.45) is 0. The van der Waals surface area contributed by atoms with E-state index in [1.54, 1.807) is 0 Å². The van der Waals surface area contributed by atoms with Gasteiger partial charge >= 0.3 is 185 Å². The Morgan fingerprint density at radius 1 is 0.409 bits per heavy atom. The molecule has 22 heavy (non-hydrogen) atoms. The van der Waals surface area contributed by atoms with Crippen LogP contribution in [-0.4, -0.2) is 23.8 Å². The first-order valence-corrected chi connectivity index (χ1v) is 5.88. The molecule has 0 aliphatic rings. The van der Waals surface area contributed by atoms with E-state index in [4.69, 9.17) is 0 Å². The van der Waals surface area contributed by atoms with E-state index in [-0.39, 0.29) is 88.7 Å². The fraction of sp³-hybridized carbons (Fsp3) is 0. The average molecular weight is 404 g/mol. The van der Waals surface area contributed by atoms with Crippen molar-refractivity contribution in [3.8, 4) is 0 Å². The van der Waals surface area contributed by atoms with Crippen LogP contribution in [0.3, 0.4) is 0 Å². The molecular formula is CoN6Na3O12. The number of nitrogens with zero attached hydrogens (tertiary/aromatic N) is 6. The van der Waals surface area contributed by atoms with Crippen LogP contribution in [0, 0.1) is 60.7 Å². The SMILES string of the molecule is O=[N+]([O-])[Co-3]([N+](=O)[O-])([N+](=O)[O-])([N+](=O)[O-])([N+](=O)[O-])[N+](=O)[O-].[Na+].[Na+].[Na+]. The molecule has 0 rings (SSSR count). The fourth-order valence-electron chi connectivity index (χ4n) is 0.667. The zero-order valence-corrected chi connectivity index (χ0v) is 18.0. The molecular weight excluding hydrogens is 404 g/mol. The minimum atomic E-state index is -10.3. The summed E-state index contributed by atoms with van der Waals surface area (Å²) in [7, 11) is 0. The Morgan fingerprint density at radius 2 is 0.500 bits per heavy atom. The van der Waals surface area contributed by atoms with Gasteiger partial charge in [-0.3, -0.25) is 0 Å². The summed E-state index contributed by atoms with van der Waals surface area (Å²) < 4.78 is -19.6. The van der Waals surface area contributed by atoms with Crippen molar-refractivity contribution >= 4 is 0 Å². The van der Waals surface area contributed by atoms with E-state index in [1.807, 2.05) is 0 Å². The first kappa shape index (κ1) is 29.9. The Bertz CT molecular complexity index is 438. The van der Waals surface area contributed by atoms with Crippen LogP contribution in [0.25, 0.3) is 0 Å². The van der Waals surface area contributed by atoms with Crippen molar-refractivity contribution in [2.24, 2.45) is 0 Å². The first-order valence-electron chi connectivity index (χ1n) is 3.09. The van der Waals surface area contributed by atoms with E-state index in [0.717, 1.165) is 0 Å². The molecule has 0 atom stereocenters. The smallest absolute Gasteiger partial charge is 1.00 e. The average Bonchev–Trinajstić information content (AvgIpc) is 2.15. The zero-order chi connectivity index (χ0) is 15.9. The Labute approximate surface area is 182 Å². The molecule has 0 aliphatic heterocycles. The summed E-state index contributed by atoms with van der Waals surface area (Å²) in [5.74, 6) is 0. The molecule has 0 aliphatic carbocycles. The molecule has 0 aromatic heterocycles. The van der Waals surface area contributed by atoms with Gasteiger partial charge in [0.25, 0.3) is 0 Å². The third kappa shape index (κ3) is 1.98. The number of hydrogen-bond acceptors (Lipinski definition) is 12. The normalized spacial score (nSPS) is 12.5. The maximum absolute atomic E-state index is 10.5. The maximum Gasteiger partial charge on any atom is 1.00 e. The minimum Gasteiger partial charge on any atom is 1.00 e. The van der Waals surface area contributed by atoms with Crippen molar-refractivity contribution in [1.29, 1.82) is 0 Å². The Hall–Kier alpha value is -0.0935. The summed E-state index contributed by atoms with van der Waals surface area (Å²) >= 11 is -10.3. The summed E-state index contributed by atoms with van der Waals surface area (Å²) in [6.45, 7) is 0. The molecule has 0 heterocycles. The largest absolute Gasteiger partial charge is 1.00 e. The minimum absolute atomic E-state index is 0. The van der Waals surface area contributed by atoms with Gasteiger partial charge in [0.1, 0.15) is 0 Å². The van der Waals surface area contributed by atoms with Gasteiger partial charge in [-0.2, -0.15) is 0 Å². The maximum atomic E-state index is 10.5. The number of rotatable bonds is 6. The molecule has 0 saturated heterocycles. The van der Waals surface area contributed by atoms with Crippen LogP contribution < -0.4 is 88.7 Å². The standard InChI is InChI=1S/Co.6NO2.3Na/c;6*2-1-3;;;/q-3;;;;;;;3*+1. The number of hydrogen-bond donors (Lipinski definition) is 0. The monoisotopic (exact) mass is 404 g/mol. The Kier molecular flexibility index (Phi) is 10.4.